The lowest BCUT2D eigenvalue weighted by Gasteiger charge is -2.18. The second-order valence-corrected chi connectivity index (χ2v) is 14.6. The predicted octanol–water partition coefficient (Wildman–Crippen LogP) is 11.6. The van der Waals surface area contributed by atoms with Crippen LogP contribution in [0.4, 0.5) is 0 Å². The Balaban J connectivity index is 4.02. The van der Waals surface area contributed by atoms with Gasteiger partial charge in [0, 0.05) is 12.5 Å². The molecule has 0 rings (SSSR count). The number of phosphoric ester groups is 1. The molecule has 0 fully saturated rings. The molecule has 0 amide bonds. The van der Waals surface area contributed by atoms with Crippen LogP contribution in [-0.2, 0) is 28.2 Å². The van der Waals surface area contributed by atoms with Crippen molar-refractivity contribution in [3.05, 3.63) is 24.3 Å². The molecule has 9 heteroatoms. The maximum absolute atomic E-state index is 12.3. The molecule has 1 atom stereocenters. The first kappa shape index (κ1) is 46.5. The maximum atomic E-state index is 12.3. The van der Waals surface area contributed by atoms with Gasteiger partial charge in [-0.2, -0.15) is 0 Å². The van der Waals surface area contributed by atoms with E-state index in [1.54, 1.807) is 6.08 Å². The SMILES string of the molecule is CCCCCCCCCCCCCC=CC=CC(=O)OC[C@H](COP(=O)(O)O)OC(=O)CCCCCCCCCCCCCCCCC. The van der Waals surface area contributed by atoms with Gasteiger partial charge in [-0.15, -0.1) is 0 Å². The Morgan fingerprint density at radius 3 is 1.44 bits per heavy atom. The Hall–Kier alpha value is -1.47. The van der Waals surface area contributed by atoms with Gasteiger partial charge >= 0.3 is 19.8 Å². The Morgan fingerprint density at radius 2 is 1.00 bits per heavy atom. The highest BCUT2D eigenvalue weighted by Gasteiger charge is 2.22. The van der Waals surface area contributed by atoms with E-state index in [0.29, 0.717) is 6.42 Å². The highest BCUT2D eigenvalue weighted by molar-refractivity contribution is 7.46. The second-order valence-electron chi connectivity index (χ2n) is 13.3. The normalized spacial score (nSPS) is 12.7. The molecular formula is C39H73O8P. The Labute approximate surface area is 294 Å². The average Bonchev–Trinajstić information content (AvgIpc) is 3.05. The third-order valence-corrected chi connectivity index (χ3v) is 9.06. The molecule has 0 aliphatic heterocycles. The Bertz CT molecular complexity index is 838. The second kappa shape index (κ2) is 35.4. The number of carbonyl (C=O) groups is 2. The number of rotatable bonds is 36. The first-order valence-corrected chi connectivity index (χ1v) is 21.2. The fraction of sp³-hybridized carbons (Fsp3) is 0.846. The zero-order valence-electron chi connectivity index (χ0n) is 30.9. The fourth-order valence-electron chi connectivity index (χ4n) is 5.64. The molecule has 0 unspecified atom stereocenters. The van der Waals surface area contributed by atoms with E-state index >= 15 is 0 Å². The van der Waals surface area contributed by atoms with Crippen molar-refractivity contribution in [1.29, 1.82) is 0 Å². The summed E-state index contributed by atoms with van der Waals surface area (Å²) in [7, 11) is -4.77. The summed E-state index contributed by atoms with van der Waals surface area (Å²) in [6.45, 7) is 3.58. The molecule has 0 heterocycles. The highest BCUT2D eigenvalue weighted by atomic mass is 31.2. The molecule has 0 aromatic carbocycles. The van der Waals surface area contributed by atoms with Gasteiger partial charge in [-0.05, 0) is 19.3 Å². The quantitative estimate of drug-likeness (QED) is 0.0218. The molecule has 0 aromatic heterocycles. The van der Waals surface area contributed by atoms with E-state index in [-0.39, 0.29) is 13.0 Å². The van der Waals surface area contributed by atoms with Gasteiger partial charge in [-0.3, -0.25) is 9.32 Å². The van der Waals surface area contributed by atoms with E-state index in [2.05, 4.69) is 18.4 Å². The van der Waals surface area contributed by atoms with Gasteiger partial charge in [0.25, 0.3) is 0 Å². The van der Waals surface area contributed by atoms with Crippen molar-refractivity contribution >= 4 is 19.8 Å². The van der Waals surface area contributed by atoms with Crippen molar-refractivity contribution in [3.8, 4) is 0 Å². The smallest absolute Gasteiger partial charge is 0.458 e. The summed E-state index contributed by atoms with van der Waals surface area (Å²) in [5.41, 5.74) is 0. The molecule has 0 aliphatic carbocycles. The number of hydrogen-bond acceptors (Lipinski definition) is 6. The van der Waals surface area contributed by atoms with Crippen molar-refractivity contribution in [1.82, 2.24) is 0 Å². The highest BCUT2D eigenvalue weighted by Crippen LogP contribution is 2.36. The molecule has 2 N–H and O–H groups in total. The van der Waals surface area contributed by atoms with Crippen molar-refractivity contribution in [3.63, 3.8) is 0 Å². The van der Waals surface area contributed by atoms with Crippen molar-refractivity contribution in [2.45, 2.75) is 200 Å². The van der Waals surface area contributed by atoms with Crippen LogP contribution in [0.1, 0.15) is 194 Å². The average molecular weight is 701 g/mol. The van der Waals surface area contributed by atoms with Gasteiger partial charge in [0.05, 0.1) is 6.61 Å². The summed E-state index contributed by atoms with van der Waals surface area (Å²) in [6, 6.07) is 0. The largest absolute Gasteiger partial charge is 0.469 e. The lowest BCUT2D eigenvalue weighted by molar-refractivity contribution is -0.159. The van der Waals surface area contributed by atoms with Gasteiger partial charge in [0.1, 0.15) is 6.61 Å². The number of esters is 2. The topological polar surface area (TPSA) is 119 Å². The third kappa shape index (κ3) is 37.4. The Morgan fingerprint density at radius 1 is 0.583 bits per heavy atom. The number of carbonyl (C=O) groups excluding carboxylic acids is 2. The first-order valence-electron chi connectivity index (χ1n) is 19.7. The third-order valence-electron chi connectivity index (χ3n) is 8.58. The van der Waals surface area contributed by atoms with Gasteiger partial charge < -0.3 is 19.3 Å². The van der Waals surface area contributed by atoms with Crippen molar-refractivity contribution < 1.29 is 37.9 Å². The predicted molar refractivity (Wildman–Crippen MR) is 198 cm³/mol. The summed E-state index contributed by atoms with van der Waals surface area (Å²) >= 11 is 0. The summed E-state index contributed by atoms with van der Waals surface area (Å²) in [4.78, 5) is 42.6. The molecule has 0 saturated heterocycles. The van der Waals surface area contributed by atoms with E-state index < -0.39 is 32.5 Å². The molecular weight excluding hydrogens is 627 g/mol. The summed E-state index contributed by atoms with van der Waals surface area (Å²) < 4.78 is 26.2. The van der Waals surface area contributed by atoms with Crippen molar-refractivity contribution in [2.75, 3.05) is 13.2 Å². The molecule has 0 bridgehead atoms. The zero-order chi connectivity index (χ0) is 35.4. The van der Waals surface area contributed by atoms with Crippen LogP contribution in [0.25, 0.3) is 0 Å². The van der Waals surface area contributed by atoms with Crippen LogP contribution in [0.2, 0.25) is 0 Å². The fourth-order valence-corrected chi connectivity index (χ4v) is 6.00. The summed E-state index contributed by atoms with van der Waals surface area (Å²) in [5, 5.41) is 0. The number of unbranched alkanes of at least 4 members (excludes halogenated alkanes) is 25. The number of allylic oxidation sites excluding steroid dienone is 3. The number of ether oxygens (including phenoxy) is 2. The molecule has 0 aliphatic rings. The zero-order valence-corrected chi connectivity index (χ0v) is 31.8. The van der Waals surface area contributed by atoms with Gasteiger partial charge in [0.15, 0.2) is 6.10 Å². The van der Waals surface area contributed by atoms with Gasteiger partial charge in [-0.1, -0.05) is 186 Å². The molecule has 0 spiro atoms. The van der Waals surface area contributed by atoms with Crippen LogP contribution in [-0.4, -0.2) is 41.0 Å². The van der Waals surface area contributed by atoms with E-state index in [4.69, 9.17) is 19.3 Å². The minimum atomic E-state index is -4.77. The van der Waals surface area contributed by atoms with E-state index in [1.807, 2.05) is 12.2 Å². The van der Waals surface area contributed by atoms with E-state index in [0.717, 1.165) is 32.1 Å². The van der Waals surface area contributed by atoms with Gasteiger partial charge in [0.2, 0.25) is 0 Å². The first-order chi connectivity index (χ1) is 23.3. The minimum Gasteiger partial charge on any atom is -0.458 e. The van der Waals surface area contributed by atoms with Gasteiger partial charge in [-0.25, -0.2) is 9.36 Å². The standard InChI is InChI=1S/C39H73O8P/c1-3-5-7-9-11-13-15-17-19-21-23-25-27-29-31-33-38(40)45-35-37(36-46-48(42,43)44)47-39(41)34-32-30-28-26-24-22-20-18-16-14-12-10-8-6-4-2/h27,29,31,33,37H,3-26,28,30,32,34-36H2,1-2H3,(H2,42,43,44)/t37-/m1/s1. The lowest BCUT2D eigenvalue weighted by atomic mass is 10.0. The van der Waals surface area contributed by atoms with Crippen molar-refractivity contribution in [2.24, 2.45) is 0 Å². The van der Waals surface area contributed by atoms with E-state index in [1.165, 1.54) is 141 Å². The molecule has 48 heavy (non-hydrogen) atoms. The molecule has 0 radical (unpaired) electrons. The Kier molecular flexibility index (Phi) is 34.3. The van der Waals surface area contributed by atoms with Crippen LogP contribution in [0.5, 0.6) is 0 Å². The van der Waals surface area contributed by atoms with Crippen LogP contribution in [0.15, 0.2) is 24.3 Å². The molecule has 8 nitrogen and oxygen atoms in total. The van der Waals surface area contributed by atoms with E-state index in [9.17, 15) is 14.2 Å². The van der Waals surface area contributed by atoms with Crippen LogP contribution >= 0.6 is 7.82 Å². The molecule has 0 aromatic rings. The number of phosphoric acid groups is 1. The lowest BCUT2D eigenvalue weighted by Crippen LogP contribution is -2.29. The molecule has 0 saturated carbocycles. The maximum Gasteiger partial charge on any atom is 0.469 e. The molecule has 282 valence electrons. The minimum absolute atomic E-state index is 0.197. The van der Waals surface area contributed by atoms with Crippen LogP contribution in [0, 0.1) is 0 Å². The van der Waals surface area contributed by atoms with Crippen LogP contribution in [0.3, 0.4) is 0 Å². The summed E-state index contributed by atoms with van der Waals surface area (Å²) in [5.74, 6) is -1.13. The van der Waals surface area contributed by atoms with Crippen LogP contribution < -0.4 is 0 Å². The number of hydrogen-bond donors (Lipinski definition) is 2. The monoisotopic (exact) mass is 701 g/mol. The summed E-state index contributed by atoms with van der Waals surface area (Å²) in [6.07, 6.45) is 39.6.